The maximum absolute atomic E-state index is 6.67. The summed E-state index contributed by atoms with van der Waals surface area (Å²) >= 11 is 0. The summed E-state index contributed by atoms with van der Waals surface area (Å²) in [6, 6.07) is 75.9. The van der Waals surface area contributed by atoms with E-state index in [1.165, 1.54) is 27.6 Å². The highest BCUT2D eigenvalue weighted by Crippen LogP contribution is 2.47. The fourth-order valence-electron chi connectivity index (χ4n) is 7.87. The van der Waals surface area contributed by atoms with Crippen LogP contribution in [0.2, 0.25) is 0 Å². The molecule has 0 saturated carbocycles. The lowest BCUT2D eigenvalue weighted by Gasteiger charge is -2.29. The summed E-state index contributed by atoms with van der Waals surface area (Å²) in [7, 11) is 0. The van der Waals surface area contributed by atoms with E-state index >= 15 is 0 Å². The summed E-state index contributed by atoms with van der Waals surface area (Å²) in [6.07, 6.45) is 0. The summed E-state index contributed by atoms with van der Waals surface area (Å²) in [5.74, 6) is 0. The number of benzene rings is 9. The second kappa shape index (κ2) is 13.4. The van der Waals surface area contributed by atoms with E-state index in [1.54, 1.807) is 0 Å². The number of para-hydroxylation sites is 1. The van der Waals surface area contributed by atoms with Crippen molar-refractivity contribution in [1.29, 1.82) is 0 Å². The van der Waals surface area contributed by atoms with Crippen LogP contribution < -0.4 is 4.90 Å². The number of fused-ring (bicyclic) bond motifs is 5. The molecule has 9 aromatic carbocycles. The van der Waals surface area contributed by atoms with Crippen molar-refractivity contribution in [2.45, 2.75) is 0 Å². The molecule has 0 bridgehead atoms. The SMILES string of the molecule is c1ccc(-c2ccc(N(c3cc(-c4ccccc4)cc(-c4ccccc4)c3)c3ccccc3-c3cccc4oc5c6ccccc6ccc5c34)cc2)cc1. The van der Waals surface area contributed by atoms with Crippen LogP contribution in [0.3, 0.4) is 0 Å². The molecule has 2 nitrogen and oxygen atoms in total. The molecule has 0 aliphatic carbocycles. The average molecular weight is 690 g/mol. The van der Waals surface area contributed by atoms with Gasteiger partial charge in [-0.15, -0.1) is 0 Å². The Balaban J connectivity index is 1.23. The van der Waals surface area contributed by atoms with Gasteiger partial charge in [0.05, 0.1) is 5.69 Å². The Morgan fingerprint density at radius 3 is 1.57 bits per heavy atom. The van der Waals surface area contributed by atoms with Crippen molar-refractivity contribution in [2.75, 3.05) is 4.90 Å². The first-order valence-electron chi connectivity index (χ1n) is 18.4. The molecule has 54 heavy (non-hydrogen) atoms. The minimum atomic E-state index is 0.879. The second-order valence-electron chi connectivity index (χ2n) is 13.7. The maximum atomic E-state index is 6.67. The summed E-state index contributed by atoms with van der Waals surface area (Å²) in [4.78, 5) is 2.42. The van der Waals surface area contributed by atoms with Crippen molar-refractivity contribution in [2.24, 2.45) is 0 Å². The zero-order valence-electron chi connectivity index (χ0n) is 29.6. The third kappa shape index (κ3) is 5.62. The van der Waals surface area contributed by atoms with Gasteiger partial charge < -0.3 is 9.32 Å². The minimum absolute atomic E-state index is 0.879. The topological polar surface area (TPSA) is 16.4 Å². The minimum Gasteiger partial charge on any atom is -0.455 e. The van der Waals surface area contributed by atoms with Gasteiger partial charge in [0.25, 0.3) is 0 Å². The molecule has 0 fully saturated rings. The lowest BCUT2D eigenvalue weighted by atomic mass is 9.94. The van der Waals surface area contributed by atoms with Crippen molar-refractivity contribution in [3.05, 3.63) is 212 Å². The Morgan fingerprint density at radius 2 is 0.889 bits per heavy atom. The predicted molar refractivity (Wildman–Crippen MR) is 228 cm³/mol. The molecule has 0 amide bonds. The molecule has 2 heteroatoms. The van der Waals surface area contributed by atoms with Crippen molar-refractivity contribution in [3.63, 3.8) is 0 Å². The molecule has 10 rings (SSSR count). The molecule has 0 N–H and O–H groups in total. The van der Waals surface area contributed by atoms with Crippen molar-refractivity contribution in [3.8, 4) is 44.5 Å². The molecule has 1 heterocycles. The van der Waals surface area contributed by atoms with Crippen molar-refractivity contribution in [1.82, 2.24) is 0 Å². The Morgan fingerprint density at radius 1 is 0.333 bits per heavy atom. The molecule has 0 atom stereocenters. The largest absolute Gasteiger partial charge is 0.455 e. The first-order valence-corrected chi connectivity index (χ1v) is 18.4. The van der Waals surface area contributed by atoms with Gasteiger partial charge in [-0.1, -0.05) is 164 Å². The van der Waals surface area contributed by atoms with Gasteiger partial charge in [-0.3, -0.25) is 0 Å². The van der Waals surface area contributed by atoms with Crippen LogP contribution in [0.1, 0.15) is 0 Å². The Kier molecular flexibility index (Phi) is 7.85. The Hall–Kier alpha value is -7.16. The van der Waals surface area contributed by atoms with Crippen LogP contribution in [-0.4, -0.2) is 0 Å². The highest BCUT2D eigenvalue weighted by atomic mass is 16.3. The second-order valence-corrected chi connectivity index (χ2v) is 13.7. The third-order valence-electron chi connectivity index (χ3n) is 10.4. The van der Waals surface area contributed by atoms with Crippen LogP contribution in [-0.2, 0) is 0 Å². The van der Waals surface area contributed by atoms with Crippen LogP contribution in [0.5, 0.6) is 0 Å². The van der Waals surface area contributed by atoms with Gasteiger partial charge in [-0.05, 0) is 92.9 Å². The molecule has 0 aliphatic rings. The number of hydrogen-bond donors (Lipinski definition) is 0. The fourth-order valence-corrected chi connectivity index (χ4v) is 7.87. The molecule has 0 saturated heterocycles. The summed E-state index contributed by atoms with van der Waals surface area (Å²) in [5, 5.41) is 4.53. The predicted octanol–water partition coefficient (Wildman–Crippen LogP) is 14.9. The van der Waals surface area contributed by atoms with Gasteiger partial charge in [-0.25, -0.2) is 0 Å². The van der Waals surface area contributed by atoms with Gasteiger partial charge in [0, 0.05) is 33.1 Å². The highest BCUT2D eigenvalue weighted by Gasteiger charge is 2.22. The number of nitrogens with zero attached hydrogens (tertiary/aromatic N) is 1. The lowest BCUT2D eigenvalue weighted by Crippen LogP contribution is -2.11. The van der Waals surface area contributed by atoms with E-state index in [-0.39, 0.29) is 0 Å². The van der Waals surface area contributed by atoms with Crippen LogP contribution in [0, 0.1) is 0 Å². The first-order chi connectivity index (χ1) is 26.8. The number of furan rings is 1. The molecule has 254 valence electrons. The van der Waals surface area contributed by atoms with Crippen LogP contribution in [0.4, 0.5) is 17.1 Å². The third-order valence-corrected chi connectivity index (χ3v) is 10.4. The molecule has 0 spiro atoms. The van der Waals surface area contributed by atoms with Crippen LogP contribution in [0.15, 0.2) is 217 Å². The quantitative estimate of drug-likeness (QED) is 0.166. The van der Waals surface area contributed by atoms with Gasteiger partial charge >= 0.3 is 0 Å². The van der Waals surface area contributed by atoms with E-state index in [0.717, 1.165) is 66.6 Å². The van der Waals surface area contributed by atoms with Gasteiger partial charge in [0.15, 0.2) is 0 Å². The van der Waals surface area contributed by atoms with E-state index in [1.807, 2.05) is 0 Å². The fraction of sp³-hybridized carbons (Fsp3) is 0. The smallest absolute Gasteiger partial charge is 0.143 e. The zero-order valence-corrected chi connectivity index (χ0v) is 29.6. The van der Waals surface area contributed by atoms with Gasteiger partial charge in [-0.2, -0.15) is 0 Å². The van der Waals surface area contributed by atoms with E-state index in [4.69, 9.17) is 4.42 Å². The molecule has 0 unspecified atom stereocenters. The molecular formula is C52H35NO. The maximum Gasteiger partial charge on any atom is 0.143 e. The van der Waals surface area contributed by atoms with E-state index in [9.17, 15) is 0 Å². The summed E-state index contributed by atoms with van der Waals surface area (Å²) in [5.41, 5.74) is 14.3. The zero-order chi connectivity index (χ0) is 35.8. The molecule has 0 radical (unpaired) electrons. The average Bonchev–Trinajstić information content (AvgIpc) is 3.65. The molecule has 10 aromatic rings. The summed E-state index contributed by atoms with van der Waals surface area (Å²) in [6.45, 7) is 0. The number of hydrogen-bond acceptors (Lipinski definition) is 2. The van der Waals surface area contributed by atoms with Crippen LogP contribution >= 0.6 is 0 Å². The van der Waals surface area contributed by atoms with E-state index < -0.39 is 0 Å². The van der Waals surface area contributed by atoms with Gasteiger partial charge in [0.2, 0.25) is 0 Å². The van der Waals surface area contributed by atoms with Gasteiger partial charge in [0.1, 0.15) is 11.2 Å². The standard InChI is InChI=1S/C52H35NO/c1-4-15-36(16-5-1)39-27-30-43(31-28-39)53(44-34-41(37-17-6-2-7-18-37)33-42(35-44)38-19-8-3-9-20-38)49-25-13-12-23-46(49)47-24-14-26-50-51(47)48-32-29-40-21-10-11-22-45(40)52(48)54-50/h1-35H. The number of anilines is 3. The van der Waals surface area contributed by atoms with Crippen molar-refractivity contribution < 1.29 is 4.42 Å². The molecule has 0 aliphatic heterocycles. The van der Waals surface area contributed by atoms with E-state index in [0.29, 0.717) is 0 Å². The number of rotatable bonds is 7. The first kappa shape index (κ1) is 31.6. The monoisotopic (exact) mass is 689 g/mol. The highest BCUT2D eigenvalue weighted by molar-refractivity contribution is 6.19. The van der Waals surface area contributed by atoms with E-state index in [2.05, 4.69) is 217 Å². The molecular weight excluding hydrogens is 655 g/mol. The van der Waals surface area contributed by atoms with Crippen molar-refractivity contribution >= 4 is 49.8 Å². The van der Waals surface area contributed by atoms with Crippen LogP contribution in [0.25, 0.3) is 77.2 Å². The Bertz CT molecular complexity index is 2850. The normalized spacial score (nSPS) is 11.3. The molecule has 1 aromatic heterocycles. The summed E-state index contributed by atoms with van der Waals surface area (Å²) < 4.78 is 6.67. The Labute approximate surface area is 314 Å². The lowest BCUT2D eigenvalue weighted by molar-refractivity contribution is 0.673.